The van der Waals surface area contributed by atoms with Crippen molar-refractivity contribution in [2.45, 2.75) is 13.3 Å². The zero-order valence-corrected chi connectivity index (χ0v) is 13.9. The van der Waals surface area contributed by atoms with Crippen LogP contribution in [0, 0.1) is 6.92 Å². The summed E-state index contributed by atoms with van der Waals surface area (Å²) >= 11 is 0. The number of rotatable bonds is 3. The summed E-state index contributed by atoms with van der Waals surface area (Å²) < 4.78 is 11.7. The number of para-hydroxylation sites is 2. The van der Waals surface area contributed by atoms with Gasteiger partial charge < -0.3 is 19.7 Å². The van der Waals surface area contributed by atoms with E-state index in [1.165, 1.54) is 5.56 Å². The molecule has 0 spiro atoms. The molecule has 0 unspecified atom stereocenters. The van der Waals surface area contributed by atoms with Crippen molar-refractivity contribution in [2.75, 3.05) is 31.6 Å². The van der Waals surface area contributed by atoms with Gasteiger partial charge in [-0.1, -0.05) is 30.3 Å². The number of aryl methyl sites for hydroxylation is 1. The van der Waals surface area contributed by atoms with Crippen LogP contribution >= 0.6 is 0 Å². The summed E-state index contributed by atoms with van der Waals surface area (Å²) in [5.74, 6) is 2.93. The molecule has 4 rings (SSSR count). The molecule has 0 radical (unpaired) electrons. The Kier molecular flexibility index (Phi) is 4.13. The van der Waals surface area contributed by atoms with E-state index in [9.17, 15) is 0 Å². The highest BCUT2D eigenvalue weighted by Crippen LogP contribution is 2.37. The van der Waals surface area contributed by atoms with Crippen LogP contribution in [0.3, 0.4) is 0 Å². The first-order valence-electron chi connectivity index (χ1n) is 8.46. The lowest BCUT2D eigenvalue weighted by Gasteiger charge is -2.34. The molecule has 0 atom stereocenters. The first kappa shape index (κ1) is 15.1. The predicted molar refractivity (Wildman–Crippen MR) is 95.5 cm³/mol. The molecule has 0 amide bonds. The van der Waals surface area contributed by atoms with Crippen LogP contribution < -0.4 is 10.1 Å². The molecule has 1 saturated heterocycles. The van der Waals surface area contributed by atoms with Crippen LogP contribution in [-0.4, -0.2) is 31.2 Å². The van der Waals surface area contributed by atoms with Crippen molar-refractivity contribution in [1.82, 2.24) is 4.90 Å². The molecule has 0 saturated carbocycles. The lowest BCUT2D eigenvalue weighted by Crippen LogP contribution is -2.38. The number of allylic oxidation sites excluding steroid dienone is 1. The molecular weight excluding hydrogens is 300 g/mol. The second-order valence-electron chi connectivity index (χ2n) is 6.18. The molecule has 0 aromatic heterocycles. The maximum Gasteiger partial charge on any atom is 0.151 e. The smallest absolute Gasteiger partial charge is 0.151 e. The number of morpholine rings is 1. The molecule has 2 aliphatic rings. The molecule has 0 bridgehead atoms. The maximum atomic E-state index is 6.21. The number of hydrogen-bond donors (Lipinski definition) is 1. The minimum Gasteiger partial charge on any atom is -0.455 e. The van der Waals surface area contributed by atoms with Crippen molar-refractivity contribution in [3.8, 4) is 11.5 Å². The summed E-state index contributed by atoms with van der Waals surface area (Å²) in [5, 5.41) is 3.58. The normalized spacial score (nSPS) is 16.9. The first-order valence-corrected chi connectivity index (χ1v) is 8.46. The Labute approximate surface area is 142 Å². The average Bonchev–Trinajstić information content (AvgIpc) is 2.64. The van der Waals surface area contributed by atoms with E-state index in [1.807, 2.05) is 24.3 Å². The van der Waals surface area contributed by atoms with Gasteiger partial charge >= 0.3 is 0 Å². The highest BCUT2D eigenvalue weighted by molar-refractivity contribution is 5.68. The first-order chi connectivity index (χ1) is 11.8. The van der Waals surface area contributed by atoms with Crippen LogP contribution in [0.15, 0.2) is 54.4 Å². The van der Waals surface area contributed by atoms with Crippen LogP contribution in [0.1, 0.15) is 11.1 Å². The van der Waals surface area contributed by atoms with E-state index in [1.54, 1.807) is 0 Å². The molecule has 2 aliphatic heterocycles. The van der Waals surface area contributed by atoms with E-state index in [0.717, 1.165) is 61.3 Å². The van der Waals surface area contributed by atoms with Gasteiger partial charge in [-0.3, -0.25) is 0 Å². The lowest BCUT2D eigenvalue weighted by molar-refractivity contribution is 0.0540. The van der Waals surface area contributed by atoms with Crippen molar-refractivity contribution < 1.29 is 9.47 Å². The van der Waals surface area contributed by atoms with Crippen molar-refractivity contribution in [3.05, 3.63) is 65.5 Å². The molecule has 1 N–H and O–H groups in total. The van der Waals surface area contributed by atoms with Crippen LogP contribution in [0.2, 0.25) is 0 Å². The van der Waals surface area contributed by atoms with Gasteiger partial charge in [0.25, 0.3) is 0 Å². The van der Waals surface area contributed by atoms with E-state index in [0.29, 0.717) is 0 Å². The molecule has 4 heteroatoms. The summed E-state index contributed by atoms with van der Waals surface area (Å²) in [6.07, 6.45) is 3.17. The molecule has 124 valence electrons. The second kappa shape index (κ2) is 6.57. The largest absolute Gasteiger partial charge is 0.455 e. The third-order valence-corrected chi connectivity index (χ3v) is 4.55. The Morgan fingerprint density at radius 1 is 1.00 bits per heavy atom. The number of nitrogens with one attached hydrogen (secondary N) is 1. The van der Waals surface area contributed by atoms with Gasteiger partial charge in [0, 0.05) is 13.1 Å². The molecule has 0 aliphatic carbocycles. The van der Waals surface area contributed by atoms with Gasteiger partial charge in [-0.15, -0.1) is 0 Å². The van der Waals surface area contributed by atoms with E-state index in [2.05, 4.69) is 41.4 Å². The molecular formula is C20H22N2O2. The summed E-state index contributed by atoms with van der Waals surface area (Å²) in [7, 11) is 0. The van der Waals surface area contributed by atoms with Gasteiger partial charge in [0.15, 0.2) is 5.75 Å². The fourth-order valence-electron chi connectivity index (χ4n) is 3.16. The van der Waals surface area contributed by atoms with Crippen molar-refractivity contribution in [1.29, 1.82) is 0 Å². The SMILES string of the molecule is Cc1ccccc1Oc1cccc2c1NC(N1CCOCC1)=CC2. The highest BCUT2D eigenvalue weighted by Gasteiger charge is 2.20. The van der Waals surface area contributed by atoms with Gasteiger partial charge in [0.2, 0.25) is 0 Å². The summed E-state index contributed by atoms with van der Waals surface area (Å²) in [6.45, 7) is 5.49. The molecule has 1 fully saturated rings. The summed E-state index contributed by atoms with van der Waals surface area (Å²) in [6, 6.07) is 14.3. The van der Waals surface area contributed by atoms with Gasteiger partial charge in [-0.05, 0) is 42.7 Å². The number of benzene rings is 2. The maximum absolute atomic E-state index is 6.21. The third kappa shape index (κ3) is 2.97. The van der Waals surface area contributed by atoms with E-state index in [-0.39, 0.29) is 0 Å². The zero-order valence-electron chi connectivity index (χ0n) is 13.9. The van der Waals surface area contributed by atoms with Gasteiger partial charge in [-0.2, -0.15) is 0 Å². The zero-order chi connectivity index (χ0) is 16.4. The monoisotopic (exact) mass is 322 g/mol. The average molecular weight is 322 g/mol. The third-order valence-electron chi connectivity index (χ3n) is 4.55. The van der Waals surface area contributed by atoms with Crippen LogP contribution in [0.4, 0.5) is 5.69 Å². The minimum absolute atomic E-state index is 0.785. The fraction of sp³-hybridized carbons (Fsp3) is 0.300. The number of nitrogens with zero attached hydrogens (tertiary/aromatic N) is 1. The Morgan fingerprint density at radius 2 is 1.79 bits per heavy atom. The Bertz CT molecular complexity index is 764. The number of anilines is 1. The van der Waals surface area contributed by atoms with Crippen LogP contribution in [-0.2, 0) is 11.2 Å². The number of ether oxygens (including phenoxy) is 2. The number of fused-ring (bicyclic) bond motifs is 1. The standard InChI is InChI=1S/C20H22N2O2/c1-15-5-2-3-7-17(15)24-18-8-4-6-16-9-10-19(21-20(16)18)22-11-13-23-14-12-22/h2-8,10,21H,9,11-14H2,1H3. The van der Waals surface area contributed by atoms with E-state index >= 15 is 0 Å². The van der Waals surface area contributed by atoms with Crippen LogP contribution in [0.25, 0.3) is 0 Å². The lowest BCUT2D eigenvalue weighted by atomic mass is 10.1. The van der Waals surface area contributed by atoms with Gasteiger partial charge in [0.1, 0.15) is 11.6 Å². The summed E-state index contributed by atoms with van der Waals surface area (Å²) in [5.41, 5.74) is 3.47. The minimum atomic E-state index is 0.785. The Balaban J connectivity index is 1.60. The van der Waals surface area contributed by atoms with Crippen LogP contribution in [0.5, 0.6) is 11.5 Å². The van der Waals surface area contributed by atoms with E-state index in [4.69, 9.17) is 9.47 Å². The quantitative estimate of drug-likeness (QED) is 0.928. The van der Waals surface area contributed by atoms with E-state index < -0.39 is 0 Å². The van der Waals surface area contributed by atoms with Gasteiger partial charge in [0.05, 0.1) is 18.9 Å². The molecule has 4 nitrogen and oxygen atoms in total. The predicted octanol–water partition coefficient (Wildman–Crippen LogP) is 3.93. The van der Waals surface area contributed by atoms with Crippen molar-refractivity contribution >= 4 is 5.69 Å². The Morgan fingerprint density at radius 3 is 2.62 bits per heavy atom. The van der Waals surface area contributed by atoms with Crippen molar-refractivity contribution in [3.63, 3.8) is 0 Å². The summed E-state index contributed by atoms with van der Waals surface area (Å²) in [4.78, 5) is 2.34. The molecule has 2 aromatic carbocycles. The molecule has 2 heterocycles. The number of hydrogen-bond acceptors (Lipinski definition) is 4. The molecule has 24 heavy (non-hydrogen) atoms. The molecule has 2 aromatic rings. The Hall–Kier alpha value is -2.46. The second-order valence-corrected chi connectivity index (χ2v) is 6.18. The topological polar surface area (TPSA) is 33.7 Å². The highest BCUT2D eigenvalue weighted by atomic mass is 16.5. The van der Waals surface area contributed by atoms with Crippen molar-refractivity contribution in [2.24, 2.45) is 0 Å². The van der Waals surface area contributed by atoms with Gasteiger partial charge in [-0.25, -0.2) is 0 Å². The fourth-order valence-corrected chi connectivity index (χ4v) is 3.16.